The van der Waals surface area contributed by atoms with Crippen LogP contribution in [0.4, 0.5) is 15.0 Å². The quantitative estimate of drug-likeness (QED) is 0.646. The molecule has 6 rings (SSSR count). The van der Waals surface area contributed by atoms with Gasteiger partial charge < -0.3 is 15.1 Å². The largest absolute Gasteiger partial charge is 0.353 e. The highest BCUT2D eigenvalue weighted by Gasteiger charge is 2.44. The first-order valence-corrected chi connectivity index (χ1v) is 12.3. The summed E-state index contributed by atoms with van der Waals surface area (Å²) in [6, 6.07) is 5.79. The van der Waals surface area contributed by atoms with Crippen LogP contribution in [0.1, 0.15) is 71.5 Å². The molecule has 4 fully saturated rings. The second kappa shape index (κ2) is 8.03. The van der Waals surface area contributed by atoms with E-state index in [0.29, 0.717) is 38.0 Å². The van der Waals surface area contributed by atoms with E-state index in [-0.39, 0.29) is 17.0 Å². The summed E-state index contributed by atoms with van der Waals surface area (Å²) in [7, 11) is 0. The summed E-state index contributed by atoms with van der Waals surface area (Å²) in [4.78, 5) is 45.5. The Morgan fingerprint density at radius 2 is 1.77 bits per heavy atom. The number of benzene rings is 1. The lowest BCUT2D eigenvalue weighted by atomic mass is 9.91. The zero-order chi connectivity index (χ0) is 24.3. The van der Waals surface area contributed by atoms with Crippen molar-refractivity contribution in [3.63, 3.8) is 0 Å². The Balaban J connectivity index is 1.15. The molecule has 2 N–H and O–H groups in total. The van der Waals surface area contributed by atoms with Crippen molar-refractivity contribution in [1.82, 2.24) is 20.5 Å². The van der Waals surface area contributed by atoms with Gasteiger partial charge >= 0.3 is 6.03 Å². The van der Waals surface area contributed by atoms with Gasteiger partial charge in [-0.25, -0.2) is 14.2 Å². The Morgan fingerprint density at radius 3 is 2.37 bits per heavy atom. The maximum Gasteiger partial charge on any atom is 0.322 e. The van der Waals surface area contributed by atoms with Crippen molar-refractivity contribution >= 4 is 23.7 Å². The van der Waals surface area contributed by atoms with Crippen LogP contribution in [-0.2, 0) is 10.3 Å². The molecule has 0 bridgehead atoms. The summed E-state index contributed by atoms with van der Waals surface area (Å²) in [5.41, 5.74) is 1.57. The van der Waals surface area contributed by atoms with Crippen molar-refractivity contribution < 1.29 is 18.8 Å². The van der Waals surface area contributed by atoms with Crippen molar-refractivity contribution in [3.05, 3.63) is 58.5 Å². The Bertz CT molecular complexity index is 1230. The number of rotatable bonds is 5. The maximum atomic E-state index is 15.0. The van der Waals surface area contributed by atoms with Gasteiger partial charge in [0.1, 0.15) is 17.2 Å². The van der Waals surface area contributed by atoms with Gasteiger partial charge in [-0.3, -0.25) is 14.9 Å². The number of urea groups is 1. The molecule has 2 saturated carbocycles. The zero-order valence-corrected chi connectivity index (χ0v) is 19.6. The van der Waals surface area contributed by atoms with Gasteiger partial charge in [0.2, 0.25) is 0 Å². The van der Waals surface area contributed by atoms with Crippen molar-refractivity contribution in [2.24, 2.45) is 0 Å². The number of carbonyl (C=O) groups excluding carboxylic acids is 3. The van der Waals surface area contributed by atoms with Crippen LogP contribution < -0.4 is 15.5 Å². The van der Waals surface area contributed by atoms with E-state index in [0.717, 1.165) is 11.9 Å². The predicted molar refractivity (Wildman–Crippen MR) is 127 cm³/mol. The van der Waals surface area contributed by atoms with Crippen molar-refractivity contribution in [1.29, 1.82) is 0 Å². The van der Waals surface area contributed by atoms with Crippen molar-refractivity contribution in [3.8, 4) is 0 Å². The van der Waals surface area contributed by atoms with Gasteiger partial charge in [-0.15, -0.1) is 0 Å². The Labute approximate surface area is 202 Å². The molecule has 1 atom stereocenters. The summed E-state index contributed by atoms with van der Waals surface area (Å²) in [6.45, 7) is 3.75. The minimum atomic E-state index is -1.37. The summed E-state index contributed by atoms with van der Waals surface area (Å²) < 4.78 is 15.0. The number of piperazine rings is 1. The average Bonchev–Trinajstić information content (AvgIpc) is 3.76. The number of halogens is 1. The molecular formula is C26H28FN5O3. The van der Waals surface area contributed by atoms with Crippen LogP contribution in [0.15, 0.2) is 30.5 Å². The van der Waals surface area contributed by atoms with Gasteiger partial charge in [0, 0.05) is 32.4 Å². The molecule has 8 nitrogen and oxygen atoms in total. The van der Waals surface area contributed by atoms with E-state index in [1.54, 1.807) is 4.90 Å². The maximum absolute atomic E-state index is 15.0. The molecule has 2 aromatic rings. The van der Waals surface area contributed by atoms with Crippen LogP contribution in [0.25, 0.3) is 0 Å². The monoisotopic (exact) mass is 477 g/mol. The molecule has 0 radical (unpaired) electrons. The van der Waals surface area contributed by atoms with E-state index >= 15 is 0 Å². The van der Waals surface area contributed by atoms with Gasteiger partial charge in [-0.05, 0) is 73.3 Å². The van der Waals surface area contributed by atoms with Crippen LogP contribution in [0.5, 0.6) is 0 Å². The van der Waals surface area contributed by atoms with Gasteiger partial charge in [0.25, 0.3) is 11.8 Å². The number of hydrogen-bond acceptors (Lipinski definition) is 5. The van der Waals surface area contributed by atoms with Crippen LogP contribution in [0.3, 0.4) is 0 Å². The van der Waals surface area contributed by atoms with E-state index in [1.807, 2.05) is 6.20 Å². The summed E-state index contributed by atoms with van der Waals surface area (Å²) >= 11 is 0. The normalized spacial score (nSPS) is 24.4. The number of pyridine rings is 1. The summed E-state index contributed by atoms with van der Waals surface area (Å²) in [5, 5.41) is 4.67. The molecule has 0 spiro atoms. The number of nitrogens with zero attached hydrogens (tertiary/aromatic N) is 3. The SMILES string of the molecule is CC1(c2ccc(C(=O)N3CCN(c4ncc(C5CC5)cc4C4CC4)CC3)c(F)c2)NC(=O)NC1=O. The fraction of sp³-hybridized carbons (Fsp3) is 0.462. The van der Waals surface area contributed by atoms with Crippen LogP contribution >= 0.6 is 0 Å². The average molecular weight is 478 g/mol. The highest BCUT2D eigenvalue weighted by molar-refractivity contribution is 6.07. The summed E-state index contributed by atoms with van der Waals surface area (Å²) in [6.07, 6.45) is 6.94. The van der Waals surface area contributed by atoms with Crippen LogP contribution in [-0.4, -0.2) is 53.9 Å². The lowest BCUT2D eigenvalue weighted by molar-refractivity contribution is -0.123. The molecule has 1 unspecified atom stereocenters. The first kappa shape index (κ1) is 22.0. The molecule has 1 aromatic carbocycles. The molecule has 2 aliphatic heterocycles. The molecule has 35 heavy (non-hydrogen) atoms. The Kier molecular flexibility index (Phi) is 5.05. The number of hydrogen-bond donors (Lipinski definition) is 2. The van der Waals surface area contributed by atoms with Gasteiger partial charge in [0.15, 0.2) is 0 Å². The third-order valence-corrected chi connectivity index (χ3v) is 7.67. The first-order chi connectivity index (χ1) is 16.8. The molecular weight excluding hydrogens is 449 g/mol. The minimum absolute atomic E-state index is 0.0406. The topological polar surface area (TPSA) is 94.6 Å². The molecule has 1 aromatic heterocycles. The molecule has 3 heterocycles. The molecule has 2 aliphatic carbocycles. The number of imide groups is 1. The third-order valence-electron chi connectivity index (χ3n) is 7.67. The van der Waals surface area contributed by atoms with E-state index < -0.39 is 23.3 Å². The second-order valence-electron chi connectivity index (χ2n) is 10.2. The van der Waals surface area contributed by atoms with Gasteiger partial charge in [-0.1, -0.05) is 12.1 Å². The Morgan fingerprint density at radius 1 is 1.06 bits per heavy atom. The summed E-state index contributed by atoms with van der Waals surface area (Å²) in [5.74, 6) is 0.659. The first-order valence-electron chi connectivity index (χ1n) is 12.3. The molecule has 4 aliphatic rings. The van der Waals surface area contributed by atoms with Crippen molar-refractivity contribution in [2.75, 3.05) is 31.1 Å². The van der Waals surface area contributed by atoms with E-state index in [2.05, 4.69) is 21.6 Å². The number of amides is 4. The lowest BCUT2D eigenvalue weighted by Crippen LogP contribution is -2.49. The fourth-order valence-corrected chi connectivity index (χ4v) is 5.13. The Hall–Kier alpha value is -3.49. The second-order valence-corrected chi connectivity index (χ2v) is 10.2. The zero-order valence-electron chi connectivity index (χ0n) is 19.6. The van der Waals surface area contributed by atoms with E-state index in [4.69, 9.17) is 4.98 Å². The molecule has 2 saturated heterocycles. The van der Waals surface area contributed by atoms with E-state index in [1.165, 1.54) is 55.9 Å². The number of aromatic nitrogens is 1. The standard InChI is InChI=1S/C26H28FN5O3/c1-26(24(34)29-25(35)30-26)18-6-7-19(21(27)13-18)23(33)32-10-8-31(9-11-32)22-20(16-4-5-16)12-17(14-28-22)15-2-3-15/h6-7,12-16H,2-5,8-11H2,1H3,(H2,29,30,34,35). The van der Waals surface area contributed by atoms with Gasteiger partial charge in [-0.2, -0.15) is 0 Å². The smallest absolute Gasteiger partial charge is 0.322 e. The number of nitrogens with one attached hydrogen (secondary N) is 2. The van der Waals surface area contributed by atoms with E-state index in [9.17, 15) is 18.8 Å². The predicted octanol–water partition coefficient (Wildman–Crippen LogP) is 2.99. The van der Waals surface area contributed by atoms with Crippen LogP contribution in [0.2, 0.25) is 0 Å². The number of carbonyl (C=O) groups is 3. The minimum Gasteiger partial charge on any atom is -0.353 e. The van der Waals surface area contributed by atoms with Gasteiger partial charge in [0.05, 0.1) is 5.56 Å². The van der Waals surface area contributed by atoms with Crippen molar-refractivity contribution in [2.45, 2.75) is 50.0 Å². The molecule has 4 amide bonds. The highest BCUT2D eigenvalue weighted by Crippen LogP contribution is 2.47. The fourth-order valence-electron chi connectivity index (χ4n) is 5.13. The molecule has 182 valence electrons. The number of anilines is 1. The third kappa shape index (κ3) is 3.92. The lowest BCUT2D eigenvalue weighted by Gasteiger charge is -2.36. The highest BCUT2D eigenvalue weighted by atomic mass is 19.1. The molecule has 9 heteroatoms. The van der Waals surface area contributed by atoms with Crippen LogP contribution in [0, 0.1) is 5.82 Å².